The summed E-state index contributed by atoms with van der Waals surface area (Å²) < 4.78 is 0. The van der Waals surface area contributed by atoms with E-state index in [9.17, 15) is 4.79 Å². The topological polar surface area (TPSA) is 32.3 Å². The van der Waals surface area contributed by atoms with Crippen molar-refractivity contribution in [3.63, 3.8) is 0 Å². The Morgan fingerprint density at radius 3 is 3.05 bits per heavy atom. The first-order chi connectivity index (χ1) is 8.84. The second kappa shape index (κ2) is 6.64. The van der Waals surface area contributed by atoms with E-state index in [1.165, 1.54) is 5.56 Å². The molecule has 0 bridgehead atoms. The number of carbonyl (C=O) groups is 1. The molecule has 2 aliphatic heterocycles. The van der Waals surface area contributed by atoms with Crippen LogP contribution in [0.15, 0.2) is 24.3 Å². The number of hydrogen-bond acceptors (Lipinski definition) is 3. The highest BCUT2D eigenvalue weighted by atomic mass is 35.5. The summed E-state index contributed by atoms with van der Waals surface area (Å²) in [7, 11) is 0. The van der Waals surface area contributed by atoms with Crippen LogP contribution in [-0.2, 0) is 11.2 Å². The summed E-state index contributed by atoms with van der Waals surface area (Å²) in [5.41, 5.74) is 2.42. The minimum atomic E-state index is 0. The van der Waals surface area contributed by atoms with Crippen LogP contribution in [0.1, 0.15) is 12.0 Å². The molecule has 5 heteroatoms. The van der Waals surface area contributed by atoms with Gasteiger partial charge in [0, 0.05) is 42.7 Å². The molecule has 0 aliphatic carbocycles. The number of para-hydroxylation sites is 1. The first-order valence-corrected chi connectivity index (χ1v) is 7.69. The normalized spacial score (nSPS) is 21.7. The second-order valence-electron chi connectivity index (χ2n) is 4.85. The third kappa shape index (κ3) is 3.25. The standard InChI is InChI=1S/C14H18N2OS.ClH/c17-14(9-12-10-18-8-6-15-12)16-7-5-11-3-1-2-4-13(11)16;/h1-4,12,15H,5-10H2;1H. The van der Waals surface area contributed by atoms with Gasteiger partial charge in [0.15, 0.2) is 0 Å². The molecule has 0 saturated carbocycles. The number of rotatable bonds is 2. The second-order valence-corrected chi connectivity index (χ2v) is 6.00. The molecule has 1 aromatic carbocycles. The molecule has 0 aromatic heterocycles. The van der Waals surface area contributed by atoms with E-state index in [0.29, 0.717) is 12.5 Å². The van der Waals surface area contributed by atoms with Gasteiger partial charge in [-0.25, -0.2) is 0 Å². The van der Waals surface area contributed by atoms with Gasteiger partial charge in [-0.1, -0.05) is 18.2 Å². The Balaban J connectivity index is 0.00000133. The van der Waals surface area contributed by atoms with Crippen molar-refractivity contribution in [1.29, 1.82) is 0 Å². The number of fused-ring (bicyclic) bond motifs is 1. The van der Waals surface area contributed by atoms with Crippen LogP contribution >= 0.6 is 24.2 Å². The molecule has 1 aromatic rings. The van der Waals surface area contributed by atoms with Gasteiger partial charge in [0.1, 0.15) is 0 Å². The third-order valence-corrected chi connectivity index (χ3v) is 4.74. The number of benzene rings is 1. The number of carbonyl (C=O) groups excluding carboxylic acids is 1. The molecule has 2 heterocycles. The van der Waals surface area contributed by atoms with E-state index in [1.807, 2.05) is 28.8 Å². The lowest BCUT2D eigenvalue weighted by Crippen LogP contribution is -2.42. The molecule has 19 heavy (non-hydrogen) atoms. The van der Waals surface area contributed by atoms with Crippen molar-refractivity contribution in [2.45, 2.75) is 18.9 Å². The van der Waals surface area contributed by atoms with Crippen molar-refractivity contribution in [2.75, 3.05) is 29.5 Å². The molecule has 3 nitrogen and oxygen atoms in total. The maximum absolute atomic E-state index is 12.4. The van der Waals surface area contributed by atoms with Crippen LogP contribution in [0.5, 0.6) is 0 Å². The smallest absolute Gasteiger partial charge is 0.228 e. The molecule has 2 aliphatic rings. The van der Waals surface area contributed by atoms with Gasteiger partial charge in [0.25, 0.3) is 0 Å². The zero-order chi connectivity index (χ0) is 12.4. The highest BCUT2D eigenvalue weighted by Crippen LogP contribution is 2.28. The predicted octanol–water partition coefficient (Wildman–Crippen LogP) is 2.09. The van der Waals surface area contributed by atoms with Crippen LogP contribution in [0, 0.1) is 0 Å². The van der Waals surface area contributed by atoms with E-state index in [2.05, 4.69) is 17.4 Å². The monoisotopic (exact) mass is 298 g/mol. The molecule has 0 radical (unpaired) electrons. The third-order valence-electron chi connectivity index (χ3n) is 3.61. The van der Waals surface area contributed by atoms with Gasteiger partial charge in [-0.3, -0.25) is 4.79 Å². The summed E-state index contributed by atoms with van der Waals surface area (Å²) in [6.07, 6.45) is 1.62. The molecule has 1 fully saturated rings. The van der Waals surface area contributed by atoms with E-state index in [4.69, 9.17) is 0 Å². The van der Waals surface area contributed by atoms with Crippen LogP contribution in [-0.4, -0.2) is 36.5 Å². The molecular formula is C14H19ClN2OS. The van der Waals surface area contributed by atoms with E-state index < -0.39 is 0 Å². The number of amides is 1. The van der Waals surface area contributed by atoms with Crippen LogP contribution in [0.25, 0.3) is 0 Å². The molecule has 1 atom stereocenters. The first kappa shape index (κ1) is 14.7. The van der Waals surface area contributed by atoms with Crippen molar-refractivity contribution >= 4 is 35.8 Å². The number of nitrogens with one attached hydrogen (secondary N) is 1. The quantitative estimate of drug-likeness (QED) is 0.907. The predicted molar refractivity (Wildman–Crippen MR) is 83.5 cm³/mol. The number of thioether (sulfide) groups is 1. The van der Waals surface area contributed by atoms with Crippen LogP contribution in [0.2, 0.25) is 0 Å². The van der Waals surface area contributed by atoms with E-state index in [0.717, 1.165) is 36.7 Å². The summed E-state index contributed by atoms with van der Waals surface area (Å²) >= 11 is 1.94. The van der Waals surface area contributed by atoms with Gasteiger partial charge >= 0.3 is 0 Å². The number of nitrogens with zero attached hydrogens (tertiary/aromatic N) is 1. The number of anilines is 1. The van der Waals surface area contributed by atoms with E-state index in [-0.39, 0.29) is 18.3 Å². The zero-order valence-electron chi connectivity index (χ0n) is 10.8. The van der Waals surface area contributed by atoms with Crippen molar-refractivity contribution in [3.8, 4) is 0 Å². The summed E-state index contributed by atoms with van der Waals surface area (Å²) in [5.74, 6) is 2.48. The van der Waals surface area contributed by atoms with Gasteiger partial charge in [-0.15, -0.1) is 12.4 Å². The largest absolute Gasteiger partial charge is 0.312 e. The summed E-state index contributed by atoms with van der Waals surface area (Å²) in [5, 5.41) is 3.43. The van der Waals surface area contributed by atoms with Gasteiger partial charge in [-0.05, 0) is 18.1 Å². The average molecular weight is 299 g/mol. The van der Waals surface area contributed by atoms with Crippen LogP contribution < -0.4 is 10.2 Å². The maximum Gasteiger partial charge on any atom is 0.228 e. The summed E-state index contributed by atoms with van der Waals surface area (Å²) in [6, 6.07) is 8.59. The highest BCUT2D eigenvalue weighted by Gasteiger charge is 2.26. The van der Waals surface area contributed by atoms with Crippen LogP contribution in [0.4, 0.5) is 5.69 Å². The van der Waals surface area contributed by atoms with Crippen molar-refractivity contribution in [3.05, 3.63) is 29.8 Å². The molecular weight excluding hydrogens is 280 g/mol. The first-order valence-electron chi connectivity index (χ1n) is 6.54. The van der Waals surface area contributed by atoms with Crippen molar-refractivity contribution in [2.24, 2.45) is 0 Å². The fraction of sp³-hybridized carbons (Fsp3) is 0.500. The Hall–Kier alpha value is -0.710. The Labute approximate surface area is 124 Å². The van der Waals surface area contributed by atoms with E-state index >= 15 is 0 Å². The SMILES string of the molecule is Cl.O=C(CC1CSCCN1)N1CCc2ccccc21. The maximum atomic E-state index is 12.4. The van der Waals surface area contributed by atoms with Gasteiger partial charge in [-0.2, -0.15) is 11.8 Å². The van der Waals surface area contributed by atoms with Crippen LogP contribution in [0.3, 0.4) is 0 Å². The minimum absolute atomic E-state index is 0. The molecule has 0 spiro atoms. The lowest BCUT2D eigenvalue weighted by Gasteiger charge is -2.25. The number of halogens is 1. The van der Waals surface area contributed by atoms with Crippen molar-refractivity contribution < 1.29 is 4.79 Å². The lowest BCUT2D eigenvalue weighted by molar-refractivity contribution is -0.118. The fourth-order valence-corrected chi connectivity index (χ4v) is 3.62. The fourth-order valence-electron chi connectivity index (χ4n) is 2.67. The Morgan fingerprint density at radius 2 is 2.26 bits per heavy atom. The average Bonchev–Trinajstić information content (AvgIpc) is 2.84. The van der Waals surface area contributed by atoms with Gasteiger partial charge < -0.3 is 10.2 Å². The molecule has 3 rings (SSSR count). The number of hydrogen-bond donors (Lipinski definition) is 1. The Bertz CT molecular complexity index is 449. The molecule has 1 N–H and O–H groups in total. The summed E-state index contributed by atoms with van der Waals surface area (Å²) in [4.78, 5) is 14.3. The lowest BCUT2D eigenvalue weighted by atomic mass is 10.1. The molecule has 1 unspecified atom stereocenters. The highest BCUT2D eigenvalue weighted by molar-refractivity contribution is 7.99. The summed E-state index contributed by atoms with van der Waals surface area (Å²) in [6.45, 7) is 1.87. The van der Waals surface area contributed by atoms with E-state index in [1.54, 1.807) is 0 Å². The molecule has 1 saturated heterocycles. The molecule has 1 amide bonds. The van der Waals surface area contributed by atoms with Gasteiger partial charge in [0.2, 0.25) is 5.91 Å². The Kier molecular flexibility index (Phi) is 5.13. The Morgan fingerprint density at radius 1 is 1.42 bits per heavy atom. The zero-order valence-corrected chi connectivity index (χ0v) is 12.4. The minimum Gasteiger partial charge on any atom is -0.312 e. The van der Waals surface area contributed by atoms with Gasteiger partial charge in [0.05, 0.1) is 0 Å². The molecule has 104 valence electrons. The van der Waals surface area contributed by atoms with Crippen molar-refractivity contribution in [1.82, 2.24) is 5.32 Å².